The van der Waals surface area contributed by atoms with Gasteiger partial charge in [0.15, 0.2) is 0 Å². The van der Waals surface area contributed by atoms with Crippen molar-refractivity contribution in [2.75, 3.05) is 0 Å². The van der Waals surface area contributed by atoms with Crippen molar-refractivity contribution in [2.24, 2.45) is 0 Å². The van der Waals surface area contributed by atoms with Crippen LogP contribution in [0.15, 0.2) is 35.7 Å². The molecule has 0 aliphatic rings. The average Bonchev–Trinajstić information content (AvgIpc) is 2.17. The van der Waals surface area contributed by atoms with E-state index in [0.29, 0.717) is 0 Å². The summed E-state index contributed by atoms with van der Waals surface area (Å²) in [7, 11) is 0. The molecule has 15 heavy (non-hydrogen) atoms. The fourth-order valence-corrected chi connectivity index (χ4v) is 1.83. The fraction of sp³-hybridized carbons (Fsp3) is 0.308. The topological polar surface area (TPSA) is 12.9 Å². The molecule has 1 heterocycles. The Hall–Kier alpha value is -1.02. The summed E-state index contributed by atoms with van der Waals surface area (Å²) in [5.41, 5.74) is 2.24. The van der Waals surface area contributed by atoms with E-state index in [9.17, 15) is 0 Å². The Labute approximate surface area is 96.3 Å². The second kappa shape index (κ2) is 4.67. The molecule has 0 radical (unpaired) electrons. The number of hydrogen-bond donors (Lipinski definition) is 0. The molecule has 1 rings (SSSR count). The lowest BCUT2D eigenvalue weighted by molar-refractivity contribution is 0.567. The van der Waals surface area contributed by atoms with E-state index in [4.69, 9.17) is 0 Å². The molecule has 2 heteroatoms. The summed E-state index contributed by atoms with van der Waals surface area (Å²) in [6.45, 7) is 14.0. The number of rotatable bonds is 3. The van der Waals surface area contributed by atoms with Crippen molar-refractivity contribution in [3.05, 3.63) is 42.1 Å². The summed E-state index contributed by atoms with van der Waals surface area (Å²) in [6, 6.07) is 2.11. The van der Waals surface area contributed by atoms with Crippen molar-refractivity contribution in [1.29, 1.82) is 0 Å². The van der Waals surface area contributed by atoms with Crippen LogP contribution in [0, 0.1) is 0 Å². The largest absolute Gasteiger partial charge is 0.260 e. The summed E-state index contributed by atoms with van der Waals surface area (Å²) < 4.78 is 0. The third-order valence-corrected chi connectivity index (χ3v) is 2.87. The van der Waals surface area contributed by atoms with Gasteiger partial charge in [-0.25, -0.2) is 0 Å². The Morgan fingerprint density at radius 2 is 2.00 bits per heavy atom. The third kappa shape index (κ3) is 2.96. The lowest BCUT2D eigenvalue weighted by atomic mass is 9.91. The number of pyridine rings is 1. The van der Waals surface area contributed by atoms with E-state index < -0.39 is 0 Å². The van der Waals surface area contributed by atoms with Crippen LogP contribution in [0.2, 0.25) is 0 Å². The summed E-state index contributed by atoms with van der Waals surface area (Å²) in [5, 5.41) is 1.83. The van der Waals surface area contributed by atoms with Crippen LogP contribution in [0.4, 0.5) is 0 Å². The van der Waals surface area contributed by atoms with Crippen molar-refractivity contribution >= 4 is 17.8 Å². The quantitative estimate of drug-likeness (QED) is 0.705. The van der Waals surface area contributed by atoms with Crippen LogP contribution < -0.4 is 0 Å². The zero-order valence-corrected chi connectivity index (χ0v) is 10.4. The molecule has 80 valence electrons. The van der Waals surface area contributed by atoms with Crippen LogP contribution >= 0.6 is 11.8 Å². The molecule has 1 aromatic heterocycles. The maximum atomic E-state index is 4.44. The summed E-state index contributed by atoms with van der Waals surface area (Å²) in [5.74, 6) is 0. The van der Waals surface area contributed by atoms with Crippen molar-refractivity contribution in [3.63, 3.8) is 0 Å². The standard InChI is InChI=1S/C13H17NS/c1-6-10-9-14-12(13(3,4)5)8-11(10)15-7-2/h6-9H,1-2H2,3-5H3. The highest BCUT2D eigenvalue weighted by Gasteiger charge is 2.16. The molecule has 0 unspecified atom stereocenters. The van der Waals surface area contributed by atoms with E-state index >= 15 is 0 Å². The third-order valence-electron chi connectivity index (χ3n) is 2.09. The van der Waals surface area contributed by atoms with Crippen LogP contribution in [0.25, 0.3) is 6.08 Å². The van der Waals surface area contributed by atoms with Gasteiger partial charge < -0.3 is 0 Å². The van der Waals surface area contributed by atoms with Crippen LogP contribution in [0.1, 0.15) is 32.0 Å². The van der Waals surface area contributed by atoms with E-state index in [1.54, 1.807) is 11.8 Å². The molecular formula is C13H17NS. The van der Waals surface area contributed by atoms with Crippen molar-refractivity contribution in [1.82, 2.24) is 4.98 Å². The van der Waals surface area contributed by atoms with Crippen molar-refractivity contribution in [2.45, 2.75) is 31.1 Å². The molecule has 0 bridgehead atoms. The summed E-state index contributed by atoms with van der Waals surface area (Å²) in [4.78, 5) is 5.61. The maximum absolute atomic E-state index is 4.44. The molecule has 0 aliphatic heterocycles. The zero-order chi connectivity index (χ0) is 11.5. The fourth-order valence-electron chi connectivity index (χ4n) is 1.20. The first kappa shape index (κ1) is 12.1. The molecule has 0 aliphatic carbocycles. The molecule has 0 amide bonds. The van der Waals surface area contributed by atoms with Gasteiger partial charge in [0.05, 0.1) is 0 Å². The zero-order valence-electron chi connectivity index (χ0n) is 9.58. The van der Waals surface area contributed by atoms with Gasteiger partial charge in [-0.05, 0) is 11.5 Å². The molecule has 0 aromatic carbocycles. The van der Waals surface area contributed by atoms with Gasteiger partial charge in [-0.15, -0.1) is 0 Å². The molecule has 0 N–H and O–H groups in total. The Kier molecular flexibility index (Phi) is 3.75. The second-order valence-electron chi connectivity index (χ2n) is 4.35. The number of nitrogens with zero attached hydrogens (tertiary/aromatic N) is 1. The molecular weight excluding hydrogens is 202 g/mol. The maximum Gasteiger partial charge on any atom is 0.0468 e. The van der Waals surface area contributed by atoms with E-state index in [0.717, 1.165) is 11.3 Å². The molecule has 0 saturated heterocycles. The number of hydrogen-bond acceptors (Lipinski definition) is 2. The monoisotopic (exact) mass is 219 g/mol. The number of thioether (sulfide) groups is 1. The van der Waals surface area contributed by atoms with Crippen LogP contribution in [0.5, 0.6) is 0 Å². The van der Waals surface area contributed by atoms with Gasteiger partial charge in [0.2, 0.25) is 0 Å². The molecule has 1 nitrogen and oxygen atoms in total. The van der Waals surface area contributed by atoms with Crippen LogP contribution in [-0.2, 0) is 5.41 Å². The first-order valence-electron chi connectivity index (χ1n) is 4.89. The van der Waals surface area contributed by atoms with Gasteiger partial charge in [-0.3, -0.25) is 4.98 Å². The Morgan fingerprint density at radius 1 is 1.33 bits per heavy atom. The molecule has 0 saturated carbocycles. The molecule has 0 fully saturated rings. The van der Waals surface area contributed by atoms with E-state index in [1.807, 2.05) is 17.7 Å². The van der Waals surface area contributed by atoms with Gasteiger partial charge in [0.25, 0.3) is 0 Å². The van der Waals surface area contributed by atoms with E-state index in [-0.39, 0.29) is 5.41 Å². The lowest BCUT2D eigenvalue weighted by Gasteiger charge is -2.18. The Balaban J connectivity index is 3.21. The van der Waals surface area contributed by atoms with Gasteiger partial charge in [-0.2, -0.15) is 0 Å². The molecule has 1 aromatic rings. The minimum Gasteiger partial charge on any atom is -0.260 e. The van der Waals surface area contributed by atoms with Crippen molar-refractivity contribution < 1.29 is 0 Å². The highest BCUT2D eigenvalue weighted by Crippen LogP contribution is 2.28. The minimum atomic E-state index is 0.0795. The molecule has 0 atom stereocenters. The minimum absolute atomic E-state index is 0.0795. The highest BCUT2D eigenvalue weighted by atomic mass is 32.2. The average molecular weight is 219 g/mol. The van der Waals surface area contributed by atoms with Crippen LogP contribution in [-0.4, -0.2) is 4.98 Å². The normalized spacial score (nSPS) is 11.1. The SMILES string of the molecule is C=CSc1cc(C(C)(C)C)ncc1C=C. The van der Waals surface area contributed by atoms with E-state index in [2.05, 4.69) is 45.0 Å². The molecule has 0 spiro atoms. The van der Waals surface area contributed by atoms with Crippen molar-refractivity contribution in [3.8, 4) is 0 Å². The van der Waals surface area contributed by atoms with E-state index in [1.165, 1.54) is 4.90 Å². The van der Waals surface area contributed by atoms with Gasteiger partial charge in [0, 0.05) is 27.8 Å². The van der Waals surface area contributed by atoms with Gasteiger partial charge in [-0.1, -0.05) is 51.8 Å². The smallest absolute Gasteiger partial charge is 0.0468 e. The Bertz CT molecular complexity index is 375. The van der Waals surface area contributed by atoms with Gasteiger partial charge >= 0.3 is 0 Å². The lowest BCUT2D eigenvalue weighted by Crippen LogP contribution is -2.13. The predicted octanol–water partition coefficient (Wildman–Crippen LogP) is 4.26. The summed E-state index contributed by atoms with van der Waals surface area (Å²) in [6.07, 6.45) is 3.70. The highest BCUT2D eigenvalue weighted by molar-refractivity contribution is 8.02. The second-order valence-corrected chi connectivity index (χ2v) is 5.35. The first-order valence-corrected chi connectivity index (χ1v) is 5.77. The predicted molar refractivity (Wildman–Crippen MR) is 69.1 cm³/mol. The first-order chi connectivity index (χ1) is 6.99. The number of aromatic nitrogens is 1. The Morgan fingerprint density at radius 3 is 2.47 bits per heavy atom. The van der Waals surface area contributed by atoms with Crippen LogP contribution in [0.3, 0.4) is 0 Å². The summed E-state index contributed by atoms with van der Waals surface area (Å²) >= 11 is 1.61. The van der Waals surface area contributed by atoms with Gasteiger partial charge in [0.1, 0.15) is 0 Å².